The molecule has 25 heavy (non-hydrogen) atoms. The molecule has 0 spiro atoms. The van der Waals surface area contributed by atoms with Gasteiger partial charge in [-0.25, -0.2) is 4.79 Å². The number of nitrogens with zero attached hydrogens (tertiary/aromatic N) is 1. The summed E-state index contributed by atoms with van der Waals surface area (Å²) in [6.07, 6.45) is 0.608. The minimum absolute atomic E-state index is 0.0897. The first-order chi connectivity index (χ1) is 11.7. The molecule has 2 rings (SSSR count). The number of likely N-dealkylation sites (tertiary alicyclic amines) is 1. The van der Waals surface area contributed by atoms with Crippen molar-refractivity contribution < 1.29 is 24.5 Å². The summed E-state index contributed by atoms with van der Waals surface area (Å²) in [6, 6.07) is 7.21. The minimum Gasteiger partial charge on any atom is -0.497 e. The van der Waals surface area contributed by atoms with Gasteiger partial charge >= 0.3 is 6.09 Å². The van der Waals surface area contributed by atoms with Crippen LogP contribution in [0.4, 0.5) is 4.79 Å². The van der Waals surface area contributed by atoms with Crippen LogP contribution < -0.4 is 4.74 Å². The van der Waals surface area contributed by atoms with E-state index in [0.717, 1.165) is 17.7 Å². The van der Waals surface area contributed by atoms with Crippen molar-refractivity contribution in [2.75, 3.05) is 13.7 Å². The molecule has 3 atom stereocenters. The van der Waals surface area contributed by atoms with Crippen LogP contribution in [0.15, 0.2) is 24.3 Å². The summed E-state index contributed by atoms with van der Waals surface area (Å²) in [6.45, 7) is 5.07. The fourth-order valence-corrected chi connectivity index (χ4v) is 3.28. The van der Waals surface area contributed by atoms with Gasteiger partial charge in [-0.05, 0) is 57.7 Å². The Morgan fingerprint density at radius 3 is 2.68 bits per heavy atom. The Labute approximate surface area is 149 Å². The second kappa shape index (κ2) is 8.06. The number of aliphatic hydroxyl groups is 2. The maximum atomic E-state index is 12.7. The lowest BCUT2D eigenvalue weighted by molar-refractivity contribution is -0.0151. The Morgan fingerprint density at radius 2 is 2.08 bits per heavy atom. The van der Waals surface area contributed by atoms with Crippen LogP contribution in [0.3, 0.4) is 0 Å². The largest absolute Gasteiger partial charge is 0.497 e. The summed E-state index contributed by atoms with van der Waals surface area (Å²) < 4.78 is 10.8. The predicted octanol–water partition coefficient (Wildman–Crippen LogP) is 2.36. The van der Waals surface area contributed by atoms with E-state index in [2.05, 4.69) is 0 Å². The van der Waals surface area contributed by atoms with Crippen LogP contribution >= 0.6 is 0 Å². The van der Waals surface area contributed by atoms with Crippen LogP contribution in [0.1, 0.15) is 39.2 Å². The monoisotopic (exact) mass is 351 g/mol. The summed E-state index contributed by atoms with van der Waals surface area (Å²) in [5.74, 6) is 0.770. The lowest BCUT2D eigenvalue weighted by Crippen LogP contribution is -2.50. The molecule has 0 radical (unpaired) electrons. The quantitative estimate of drug-likeness (QED) is 0.851. The molecule has 0 aromatic heterocycles. The SMILES string of the molecule is COc1cccc(C[C@@H]2CC[C@H]([C@@H](O)CO)N2C(=O)OC(C)(C)C)c1. The van der Waals surface area contributed by atoms with Gasteiger partial charge in [-0.3, -0.25) is 4.90 Å². The third kappa shape index (κ3) is 5.09. The molecule has 6 heteroatoms. The van der Waals surface area contributed by atoms with E-state index in [1.54, 1.807) is 12.0 Å². The second-order valence-corrected chi connectivity index (χ2v) is 7.49. The van der Waals surface area contributed by atoms with Gasteiger partial charge in [0.2, 0.25) is 0 Å². The number of ether oxygens (including phenoxy) is 2. The summed E-state index contributed by atoms with van der Waals surface area (Å²) in [5.41, 5.74) is 0.437. The zero-order valence-corrected chi connectivity index (χ0v) is 15.4. The van der Waals surface area contributed by atoms with Crippen molar-refractivity contribution in [1.29, 1.82) is 0 Å². The topological polar surface area (TPSA) is 79.2 Å². The van der Waals surface area contributed by atoms with Crippen molar-refractivity contribution in [2.24, 2.45) is 0 Å². The standard InChI is InChI=1S/C19H29NO5/c1-19(2,3)25-18(23)20-14(8-9-16(20)17(22)12-21)10-13-6-5-7-15(11-13)24-4/h5-7,11,14,16-17,21-22H,8-10,12H2,1-4H3/t14-,16+,17-/m0/s1. The minimum atomic E-state index is -0.970. The van der Waals surface area contributed by atoms with E-state index in [1.807, 2.05) is 45.0 Å². The molecule has 1 amide bonds. The fraction of sp³-hybridized carbons (Fsp3) is 0.632. The van der Waals surface area contributed by atoms with E-state index in [1.165, 1.54) is 0 Å². The molecule has 0 aliphatic carbocycles. The van der Waals surface area contributed by atoms with E-state index in [4.69, 9.17) is 9.47 Å². The van der Waals surface area contributed by atoms with E-state index in [0.29, 0.717) is 12.8 Å². The zero-order chi connectivity index (χ0) is 18.6. The van der Waals surface area contributed by atoms with Crippen molar-refractivity contribution in [2.45, 2.75) is 63.8 Å². The summed E-state index contributed by atoms with van der Waals surface area (Å²) >= 11 is 0. The molecule has 2 N–H and O–H groups in total. The van der Waals surface area contributed by atoms with Gasteiger partial charge in [-0.15, -0.1) is 0 Å². The van der Waals surface area contributed by atoms with Crippen LogP contribution in [0.25, 0.3) is 0 Å². The van der Waals surface area contributed by atoms with Gasteiger partial charge in [0.15, 0.2) is 0 Å². The highest BCUT2D eigenvalue weighted by Gasteiger charge is 2.42. The molecule has 0 saturated carbocycles. The number of carbonyl (C=O) groups is 1. The fourth-order valence-electron chi connectivity index (χ4n) is 3.28. The van der Waals surface area contributed by atoms with E-state index < -0.39 is 23.8 Å². The molecule has 1 aromatic carbocycles. The molecular weight excluding hydrogens is 322 g/mol. The maximum Gasteiger partial charge on any atom is 0.410 e. The molecule has 1 fully saturated rings. The normalized spacial score (nSPS) is 21.9. The van der Waals surface area contributed by atoms with Crippen LogP contribution in [0.2, 0.25) is 0 Å². The number of methoxy groups -OCH3 is 1. The molecule has 140 valence electrons. The number of hydrogen-bond donors (Lipinski definition) is 2. The first kappa shape index (κ1) is 19.5. The highest BCUT2D eigenvalue weighted by Crippen LogP contribution is 2.31. The van der Waals surface area contributed by atoms with Crippen LogP contribution in [-0.2, 0) is 11.2 Å². The Kier molecular flexibility index (Phi) is 6.30. The van der Waals surface area contributed by atoms with Crippen molar-refractivity contribution in [3.05, 3.63) is 29.8 Å². The van der Waals surface area contributed by atoms with Crippen LogP contribution in [0, 0.1) is 0 Å². The Balaban J connectivity index is 2.20. The van der Waals surface area contributed by atoms with E-state index in [9.17, 15) is 15.0 Å². The van der Waals surface area contributed by atoms with Gasteiger partial charge in [0, 0.05) is 6.04 Å². The van der Waals surface area contributed by atoms with E-state index in [-0.39, 0.29) is 12.6 Å². The lowest BCUT2D eigenvalue weighted by atomic mass is 10.0. The van der Waals surface area contributed by atoms with Gasteiger partial charge in [-0.1, -0.05) is 12.1 Å². The smallest absolute Gasteiger partial charge is 0.410 e. The molecule has 6 nitrogen and oxygen atoms in total. The highest BCUT2D eigenvalue weighted by atomic mass is 16.6. The Morgan fingerprint density at radius 1 is 1.36 bits per heavy atom. The average Bonchev–Trinajstić information content (AvgIpc) is 2.96. The highest BCUT2D eigenvalue weighted by molar-refractivity contribution is 5.69. The van der Waals surface area contributed by atoms with Gasteiger partial charge in [0.05, 0.1) is 25.9 Å². The summed E-state index contributed by atoms with van der Waals surface area (Å²) in [5, 5.41) is 19.4. The molecule has 0 bridgehead atoms. The third-order valence-corrected chi connectivity index (χ3v) is 4.39. The van der Waals surface area contributed by atoms with Gasteiger partial charge < -0.3 is 19.7 Å². The third-order valence-electron chi connectivity index (χ3n) is 4.39. The first-order valence-corrected chi connectivity index (χ1v) is 8.68. The molecule has 1 aromatic rings. The first-order valence-electron chi connectivity index (χ1n) is 8.68. The van der Waals surface area contributed by atoms with Crippen molar-refractivity contribution in [3.8, 4) is 5.75 Å². The molecule has 1 heterocycles. The van der Waals surface area contributed by atoms with Crippen molar-refractivity contribution in [3.63, 3.8) is 0 Å². The van der Waals surface area contributed by atoms with Crippen LogP contribution in [-0.4, -0.2) is 58.7 Å². The predicted molar refractivity (Wildman–Crippen MR) is 94.7 cm³/mol. The van der Waals surface area contributed by atoms with Crippen molar-refractivity contribution in [1.82, 2.24) is 4.90 Å². The number of carbonyl (C=O) groups excluding carboxylic acids is 1. The lowest BCUT2D eigenvalue weighted by Gasteiger charge is -2.34. The average molecular weight is 351 g/mol. The number of benzene rings is 1. The van der Waals surface area contributed by atoms with Gasteiger partial charge in [0.25, 0.3) is 0 Å². The zero-order valence-electron chi connectivity index (χ0n) is 15.4. The van der Waals surface area contributed by atoms with Gasteiger partial charge in [-0.2, -0.15) is 0 Å². The Bertz CT molecular complexity index is 583. The summed E-state index contributed by atoms with van der Waals surface area (Å²) in [7, 11) is 1.62. The maximum absolute atomic E-state index is 12.7. The van der Waals surface area contributed by atoms with E-state index >= 15 is 0 Å². The number of hydrogen-bond acceptors (Lipinski definition) is 5. The van der Waals surface area contributed by atoms with Gasteiger partial charge in [0.1, 0.15) is 11.4 Å². The molecular formula is C19H29NO5. The molecule has 1 saturated heterocycles. The number of rotatable bonds is 5. The molecule has 0 unspecified atom stereocenters. The summed E-state index contributed by atoms with van der Waals surface area (Å²) in [4.78, 5) is 14.3. The second-order valence-electron chi connectivity index (χ2n) is 7.49. The molecule has 1 aliphatic heterocycles. The number of aliphatic hydroxyl groups excluding tert-OH is 2. The molecule has 1 aliphatic rings. The van der Waals surface area contributed by atoms with Crippen molar-refractivity contribution >= 4 is 6.09 Å². The Hall–Kier alpha value is -1.79. The number of amides is 1. The van der Waals surface area contributed by atoms with Crippen LogP contribution in [0.5, 0.6) is 5.75 Å².